The molecular weight excluding hydrogens is 242 g/mol. The van der Waals surface area contributed by atoms with Gasteiger partial charge >= 0.3 is 0 Å². The number of hydrogen-bond acceptors (Lipinski definition) is 5. The van der Waals surface area contributed by atoms with E-state index in [9.17, 15) is 0 Å². The minimum Gasteiger partial charge on any atom is -0.474 e. The predicted molar refractivity (Wildman–Crippen MR) is 73.7 cm³/mol. The molecule has 0 bridgehead atoms. The largest absolute Gasteiger partial charge is 0.474 e. The zero-order valence-electron chi connectivity index (χ0n) is 11.3. The Morgan fingerprint density at radius 3 is 3.11 bits per heavy atom. The second-order valence-corrected chi connectivity index (χ2v) is 4.90. The topological polar surface area (TPSA) is 54.7 Å². The fraction of sp³-hybridized carbons (Fsp3) is 0.538. The fourth-order valence-corrected chi connectivity index (χ4v) is 2.10. The molecule has 0 spiro atoms. The van der Waals surface area contributed by atoms with Gasteiger partial charge in [-0.25, -0.2) is 4.98 Å². The SMILES string of the molecule is CNc1cn2ccnc2c(OCCN(C)C2CC2)n1. The molecule has 0 aromatic carbocycles. The third-order valence-corrected chi connectivity index (χ3v) is 3.45. The number of nitrogens with zero attached hydrogens (tertiary/aromatic N) is 4. The number of fused-ring (bicyclic) bond motifs is 1. The van der Waals surface area contributed by atoms with E-state index in [4.69, 9.17) is 4.74 Å². The lowest BCUT2D eigenvalue weighted by Gasteiger charge is -2.15. The number of rotatable bonds is 6. The number of nitrogens with one attached hydrogen (secondary N) is 1. The maximum absolute atomic E-state index is 5.79. The van der Waals surface area contributed by atoms with E-state index in [0.717, 1.165) is 24.1 Å². The van der Waals surface area contributed by atoms with Crippen LogP contribution in [0.25, 0.3) is 5.65 Å². The minimum absolute atomic E-state index is 0.584. The summed E-state index contributed by atoms with van der Waals surface area (Å²) >= 11 is 0. The monoisotopic (exact) mass is 261 g/mol. The van der Waals surface area contributed by atoms with Crippen LogP contribution in [0.2, 0.25) is 0 Å². The number of anilines is 1. The molecule has 1 N–H and O–H groups in total. The van der Waals surface area contributed by atoms with Gasteiger partial charge in [-0.1, -0.05) is 0 Å². The van der Waals surface area contributed by atoms with Crippen LogP contribution in [-0.4, -0.2) is 52.6 Å². The van der Waals surface area contributed by atoms with Crippen molar-refractivity contribution in [1.29, 1.82) is 0 Å². The van der Waals surface area contributed by atoms with Crippen molar-refractivity contribution < 1.29 is 4.74 Å². The van der Waals surface area contributed by atoms with Crippen LogP contribution in [0.5, 0.6) is 5.88 Å². The third kappa shape index (κ3) is 2.63. The van der Waals surface area contributed by atoms with Gasteiger partial charge in [-0.2, -0.15) is 4.98 Å². The molecule has 2 aromatic rings. The molecule has 0 atom stereocenters. The lowest BCUT2D eigenvalue weighted by molar-refractivity contribution is 0.227. The van der Waals surface area contributed by atoms with Crippen molar-refractivity contribution in [3.05, 3.63) is 18.6 Å². The van der Waals surface area contributed by atoms with Crippen LogP contribution in [-0.2, 0) is 0 Å². The first-order valence-electron chi connectivity index (χ1n) is 6.62. The molecule has 1 saturated carbocycles. The Bertz CT molecular complexity index is 563. The molecule has 0 amide bonds. The van der Waals surface area contributed by atoms with Crippen LogP contribution >= 0.6 is 0 Å². The molecule has 6 nitrogen and oxygen atoms in total. The summed E-state index contributed by atoms with van der Waals surface area (Å²) < 4.78 is 7.71. The Morgan fingerprint density at radius 1 is 1.53 bits per heavy atom. The van der Waals surface area contributed by atoms with Gasteiger partial charge in [0.15, 0.2) is 0 Å². The molecule has 0 radical (unpaired) electrons. The molecule has 102 valence electrons. The summed E-state index contributed by atoms with van der Waals surface area (Å²) in [7, 11) is 3.99. The number of ether oxygens (including phenoxy) is 1. The fourth-order valence-electron chi connectivity index (χ4n) is 2.10. The Balaban J connectivity index is 1.70. The molecular formula is C13H19N5O. The number of hydrogen-bond donors (Lipinski definition) is 1. The Morgan fingerprint density at radius 2 is 2.37 bits per heavy atom. The molecule has 0 unspecified atom stereocenters. The number of aromatic nitrogens is 3. The van der Waals surface area contributed by atoms with Gasteiger partial charge in [-0.15, -0.1) is 0 Å². The Labute approximate surface area is 112 Å². The Kier molecular flexibility index (Phi) is 3.25. The lowest BCUT2D eigenvalue weighted by Crippen LogP contribution is -2.26. The summed E-state index contributed by atoms with van der Waals surface area (Å²) in [4.78, 5) is 11.0. The highest BCUT2D eigenvalue weighted by Crippen LogP contribution is 2.25. The van der Waals surface area contributed by atoms with Gasteiger partial charge in [-0.05, 0) is 19.9 Å². The van der Waals surface area contributed by atoms with Gasteiger partial charge in [0.2, 0.25) is 5.65 Å². The van der Waals surface area contributed by atoms with Gasteiger partial charge in [-0.3, -0.25) is 4.40 Å². The molecule has 1 aliphatic carbocycles. The number of imidazole rings is 1. The highest BCUT2D eigenvalue weighted by atomic mass is 16.5. The van der Waals surface area contributed by atoms with E-state index in [2.05, 4.69) is 27.2 Å². The summed E-state index contributed by atoms with van der Waals surface area (Å²) in [5.74, 6) is 1.36. The molecule has 2 aromatic heterocycles. The average molecular weight is 261 g/mol. The first kappa shape index (κ1) is 12.2. The van der Waals surface area contributed by atoms with E-state index in [1.807, 2.05) is 23.8 Å². The molecule has 1 aliphatic rings. The van der Waals surface area contributed by atoms with Crippen molar-refractivity contribution in [3.63, 3.8) is 0 Å². The van der Waals surface area contributed by atoms with Gasteiger partial charge < -0.3 is 15.0 Å². The Hall–Kier alpha value is -1.82. The summed E-state index contributed by atoms with van der Waals surface area (Å²) in [5, 5.41) is 3.03. The third-order valence-electron chi connectivity index (χ3n) is 3.45. The molecule has 0 saturated heterocycles. The predicted octanol–water partition coefficient (Wildman–Crippen LogP) is 1.24. The van der Waals surface area contributed by atoms with E-state index in [0.29, 0.717) is 12.5 Å². The van der Waals surface area contributed by atoms with Crippen LogP contribution in [0.1, 0.15) is 12.8 Å². The van der Waals surface area contributed by atoms with Crippen molar-refractivity contribution >= 4 is 11.5 Å². The van der Waals surface area contributed by atoms with E-state index in [1.165, 1.54) is 12.8 Å². The summed E-state index contributed by atoms with van der Waals surface area (Å²) in [6.07, 6.45) is 8.16. The summed E-state index contributed by atoms with van der Waals surface area (Å²) in [6.45, 7) is 1.55. The second-order valence-electron chi connectivity index (χ2n) is 4.90. The van der Waals surface area contributed by atoms with Crippen molar-refractivity contribution in [3.8, 4) is 5.88 Å². The van der Waals surface area contributed by atoms with Crippen molar-refractivity contribution in [2.24, 2.45) is 0 Å². The number of likely N-dealkylation sites (N-methyl/N-ethyl adjacent to an activating group) is 1. The van der Waals surface area contributed by atoms with Crippen LogP contribution in [0.3, 0.4) is 0 Å². The van der Waals surface area contributed by atoms with Crippen LogP contribution < -0.4 is 10.1 Å². The average Bonchev–Trinajstić information content (AvgIpc) is 3.16. The van der Waals surface area contributed by atoms with E-state index in [1.54, 1.807) is 6.20 Å². The van der Waals surface area contributed by atoms with Crippen LogP contribution in [0.4, 0.5) is 5.82 Å². The molecule has 0 aliphatic heterocycles. The van der Waals surface area contributed by atoms with Crippen LogP contribution in [0, 0.1) is 0 Å². The minimum atomic E-state index is 0.584. The van der Waals surface area contributed by atoms with Crippen LogP contribution in [0.15, 0.2) is 18.6 Å². The molecule has 2 heterocycles. The maximum atomic E-state index is 5.79. The smallest absolute Gasteiger partial charge is 0.260 e. The van der Waals surface area contributed by atoms with Gasteiger partial charge in [0.25, 0.3) is 5.88 Å². The molecule has 1 fully saturated rings. The van der Waals surface area contributed by atoms with Crippen molar-refractivity contribution in [2.75, 3.05) is 32.6 Å². The quantitative estimate of drug-likeness (QED) is 0.848. The highest BCUT2D eigenvalue weighted by Gasteiger charge is 2.25. The molecule has 19 heavy (non-hydrogen) atoms. The van der Waals surface area contributed by atoms with Gasteiger partial charge in [0.05, 0.1) is 6.20 Å². The lowest BCUT2D eigenvalue weighted by atomic mass is 10.5. The molecule has 3 rings (SSSR count). The summed E-state index contributed by atoms with van der Waals surface area (Å²) in [6, 6.07) is 0.756. The molecule has 6 heteroatoms. The maximum Gasteiger partial charge on any atom is 0.260 e. The van der Waals surface area contributed by atoms with E-state index >= 15 is 0 Å². The van der Waals surface area contributed by atoms with Gasteiger partial charge in [0, 0.05) is 32.0 Å². The zero-order chi connectivity index (χ0) is 13.2. The zero-order valence-corrected chi connectivity index (χ0v) is 11.3. The highest BCUT2D eigenvalue weighted by molar-refractivity contribution is 5.53. The second kappa shape index (κ2) is 5.05. The first-order chi connectivity index (χ1) is 9.28. The van der Waals surface area contributed by atoms with E-state index < -0.39 is 0 Å². The van der Waals surface area contributed by atoms with Crippen molar-refractivity contribution in [1.82, 2.24) is 19.3 Å². The standard InChI is InChI=1S/C13H19N5O/c1-14-11-9-18-6-5-15-12(18)13(16-11)19-8-7-17(2)10-3-4-10/h5-6,9-10,14H,3-4,7-8H2,1-2H3. The normalized spacial score (nSPS) is 15.1. The van der Waals surface area contributed by atoms with Crippen molar-refractivity contribution in [2.45, 2.75) is 18.9 Å². The summed E-state index contributed by atoms with van der Waals surface area (Å²) in [5.41, 5.74) is 0.757. The van der Waals surface area contributed by atoms with E-state index in [-0.39, 0.29) is 0 Å². The first-order valence-corrected chi connectivity index (χ1v) is 6.62. The van der Waals surface area contributed by atoms with Gasteiger partial charge in [0.1, 0.15) is 12.4 Å².